The minimum atomic E-state index is 0.406. The second kappa shape index (κ2) is 4.86. The largest absolute Gasteiger partial charge is 0.250 e. The number of halogens is 1. The molecule has 1 aromatic heterocycles. The first-order chi connectivity index (χ1) is 7.65. The summed E-state index contributed by atoms with van der Waals surface area (Å²) in [4.78, 5) is 4.38. The van der Waals surface area contributed by atoms with Crippen LogP contribution in [-0.2, 0) is 6.54 Å². The van der Waals surface area contributed by atoms with Crippen molar-refractivity contribution in [3.8, 4) is 0 Å². The van der Waals surface area contributed by atoms with E-state index < -0.39 is 0 Å². The van der Waals surface area contributed by atoms with E-state index in [9.17, 15) is 0 Å². The van der Waals surface area contributed by atoms with Crippen LogP contribution in [0.3, 0.4) is 0 Å². The first kappa shape index (κ1) is 12.1. The second-order valence-corrected chi connectivity index (χ2v) is 5.62. The van der Waals surface area contributed by atoms with E-state index in [1.54, 1.807) is 0 Å². The molecule has 0 N–H and O–H groups in total. The van der Waals surface area contributed by atoms with Crippen LogP contribution < -0.4 is 0 Å². The van der Waals surface area contributed by atoms with Gasteiger partial charge in [-0.05, 0) is 32.1 Å². The van der Waals surface area contributed by atoms with E-state index in [1.165, 1.54) is 32.1 Å². The molecule has 1 aliphatic rings. The molecule has 1 saturated carbocycles. The number of nitrogens with zero attached hydrogens (tertiary/aromatic N) is 3. The molecule has 0 unspecified atom stereocenters. The molecule has 90 valence electrons. The molecule has 1 aromatic rings. The Morgan fingerprint density at radius 3 is 2.44 bits per heavy atom. The van der Waals surface area contributed by atoms with Crippen molar-refractivity contribution in [3.05, 3.63) is 11.6 Å². The molecule has 3 nitrogen and oxygen atoms in total. The monoisotopic (exact) mass is 285 g/mol. The van der Waals surface area contributed by atoms with Crippen molar-refractivity contribution >= 4 is 15.9 Å². The lowest BCUT2D eigenvalue weighted by Gasteiger charge is -2.35. The number of aryl methyl sites for hydroxylation is 2. The summed E-state index contributed by atoms with van der Waals surface area (Å²) >= 11 is 3.70. The Kier molecular flexibility index (Phi) is 3.67. The molecule has 0 aliphatic heterocycles. The average Bonchev–Trinajstić information content (AvgIpc) is 2.59. The first-order valence-electron chi connectivity index (χ1n) is 6.09. The van der Waals surface area contributed by atoms with E-state index in [0.29, 0.717) is 5.41 Å². The van der Waals surface area contributed by atoms with Gasteiger partial charge in [-0.3, -0.25) is 0 Å². The number of aromatic nitrogens is 3. The minimum Gasteiger partial charge on any atom is -0.250 e. The number of hydrogen-bond acceptors (Lipinski definition) is 2. The zero-order valence-electron chi connectivity index (χ0n) is 10.2. The summed E-state index contributed by atoms with van der Waals surface area (Å²) in [6.07, 6.45) is 6.74. The Hall–Kier alpha value is -0.380. The van der Waals surface area contributed by atoms with E-state index in [-0.39, 0.29) is 0 Å². The van der Waals surface area contributed by atoms with Crippen LogP contribution in [-0.4, -0.2) is 20.1 Å². The van der Waals surface area contributed by atoms with Crippen LogP contribution in [0.2, 0.25) is 0 Å². The molecular weight excluding hydrogens is 266 g/mol. The Bertz CT molecular complexity index is 353. The summed E-state index contributed by atoms with van der Waals surface area (Å²) in [5.41, 5.74) is 0.406. The fourth-order valence-electron chi connectivity index (χ4n) is 2.66. The van der Waals surface area contributed by atoms with Crippen molar-refractivity contribution in [3.63, 3.8) is 0 Å². The van der Waals surface area contributed by atoms with Gasteiger partial charge in [0.05, 0.1) is 0 Å². The topological polar surface area (TPSA) is 30.7 Å². The molecule has 0 amide bonds. The Labute approximate surface area is 106 Å². The lowest BCUT2D eigenvalue weighted by Crippen LogP contribution is -2.32. The maximum absolute atomic E-state index is 4.48. The van der Waals surface area contributed by atoms with Crippen molar-refractivity contribution < 1.29 is 0 Å². The van der Waals surface area contributed by atoms with Gasteiger partial charge in [0.2, 0.25) is 0 Å². The van der Waals surface area contributed by atoms with Gasteiger partial charge >= 0.3 is 0 Å². The van der Waals surface area contributed by atoms with Crippen LogP contribution in [0.5, 0.6) is 0 Å². The fraction of sp³-hybridized carbons (Fsp3) is 0.833. The number of rotatable bonds is 3. The molecule has 0 spiro atoms. The Morgan fingerprint density at radius 1 is 1.25 bits per heavy atom. The smallest absolute Gasteiger partial charge is 0.147 e. The lowest BCUT2D eigenvalue weighted by molar-refractivity contribution is 0.182. The highest BCUT2D eigenvalue weighted by molar-refractivity contribution is 9.09. The highest BCUT2D eigenvalue weighted by Gasteiger charge is 2.32. The third-order valence-electron chi connectivity index (χ3n) is 3.65. The summed E-state index contributed by atoms with van der Waals surface area (Å²) in [6, 6.07) is 0. The second-order valence-electron chi connectivity index (χ2n) is 5.06. The third-order valence-corrected chi connectivity index (χ3v) is 4.83. The molecule has 4 heteroatoms. The van der Waals surface area contributed by atoms with E-state index in [2.05, 4.69) is 30.7 Å². The summed E-state index contributed by atoms with van der Waals surface area (Å²) in [7, 11) is 0. The Balaban J connectivity index is 2.14. The van der Waals surface area contributed by atoms with Crippen molar-refractivity contribution in [1.29, 1.82) is 0 Å². The molecule has 0 atom stereocenters. The maximum Gasteiger partial charge on any atom is 0.147 e. The molecule has 1 aliphatic carbocycles. The summed E-state index contributed by atoms with van der Waals surface area (Å²) in [5.74, 6) is 1.93. The molecule has 1 fully saturated rings. The highest BCUT2D eigenvalue weighted by Crippen LogP contribution is 2.39. The van der Waals surface area contributed by atoms with Gasteiger partial charge in [-0.2, -0.15) is 5.10 Å². The quantitative estimate of drug-likeness (QED) is 0.799. The standard InChI is InChI=1S/C12H20BrN3/c1-10-14-11(2)16(15-10)9-12(8-13)6-4-3-5-7-12/h3-9H2,1-2H3. The average molecular weight is 286 g/mol. The SMILES string of the molecule is Cc1nc(C)n(CC2(CBr)CCCCC2)n1. The Morgan fingerprint density at radius 2 is 1.94 bits per heavy atom. The fourth-order valence-corrected chi connectivity index (χ4v) is 3.40. The van der Waals surface area contributed by atoms with E-state index in [4.69, 9.17) is 0 Å². The first-order valence-corrected chi connectivity index (χ1v) is 7.21. The van der Waals surface area contributed by atoms with Gasteiger partial charge in [0.15, 0.2) is 0 Å². The molecule has 16 heavy (non-hydrogen) atoms. The molecule has 1 heterocycles. The molecule has 0 aromatic carbocycles. The van der Waals surface area contributed by atoms with Gasteiger partial charge in [0.25, 0.3) is 0 Å². The van der Waals surface area contributed by atoms with Gasteiger partial charge in [0.1, 0.15) is 11.6 Å². The molecule has 0 radical (unpaired) electrons. The van der Waals surface area contributed by atoms with Gasteiger partial charge in [-0.25, -0.2) is 9.67 Å². The maximum atomic E-state index is 4.48. The summed E-state index contributed by atoms with van der Waals surface area (Å²) in [5, 5.41) is 5.56. The van der Waals surface area contributed by atoms with Gasteiger partial charge in [0, 0.05) is 11.9 Å². The highest BCUT2D eigenvalue weighted by atomic mass is 79.9. The van der Waals surface area contributed by atoms with Crippen LogP contribution in [0.15, 0.2) is 0 Å². The van der Waals surface area contributed by atoms with Crippen molar-refractivity contribution in [2.45, 2.75) is 52.5 Å². The molecule has 0 saturated heterocycles. The van der Waals surface area contributed by atoms with Gasteiger partial charge in [-0.1, -0.05) is 35.2 Å². The predicted octanol–water partition coefficient (Wildman–Crippen LogP) is 3.24. The van der Waals surface area contributed by atoms with Gasteiger partial charge < -0.3 is 0 Å². The van der Waals surface area contributed by atoms with Crippen LogP contribution in [0.4, 0.5) is 0 Å². The predicted molar refractivity (Wildman–Crippen MR) is 68.8 cm³/mol. The van der Waals surface area contributed by atoms with E-state index in [1.807, 2.05) is 13.8 Å². The zero-order chi connectivity index (χ0) is 11.6. The summed E-state index contributed by atoms with van der Waals surface area (Å²) < 4.78 is 2.09. The zero-order valence-corrected chi connectivity index (χ0v) is 11.8. The summed E-state index contributed by atoms with van der Waals surface area (Å²) in [6.45, 7) is 5.03. The normalized spacial score (nSPS) is 19.9. The van der Waals surface area contributed by atoms with E-state index >= 15 is 0 Å². The number of hydrogen-bond donors (Lipinski definition) is 0. The minimum absolute atomic E-state index is 0.406. The molecular formula is C12H20BrN3. The molecule has 0 bridgehead atoms. The van der Waals surface area contributed by atoms with Crippen molar-refractivity contribution in [2.75, 3.05) is 5.33 Å². The van der Waals surface area contributed by atoms with Crippen molar-refractivity contribution in [2.24, 2.45) is 5.41 Å². The third kappa shape index (κ3) is 2.47. The number of alkyl halides is 1. The lowest BCUT2D eigenvalue weighted by atomic mass is 9.75. The van der Waals surface area contributed by atoms with Crippen molar-refractivity contribution in [1.82, 2.24) is 14.8 Å². The van der Waals surface area contributed by atoms with Crippen LogP contribution >= 0.6 is 15.9 Å². The van der Waals surface area contributed by atoms with Crippen LogP contribution in [0.1, 0.15) is 43.8 Å². The molecule has 2 rings (SSSR count). The van der Waals surface area contributed by atoms with Crippen LogP contribution in [0.25, 0.3) is 0 Å². The van der Waals surface area contributed by atoms with E-state index in [0.717, 1.165) is 23.5 Å². The van der Waals surface area contributed by atoms with Gasteiger partial charge in [-0.15, -0.1) is 0 Å². The van der Waals surface area contributed by atoms with Crippen LogP contribution in [0, 0.1) is 19.3 Å².